The van der Waals surface area contributed by atoms with E-state index < -0.39 is 5.91 Å². The van der Waals surface area contributed by atoms with Crippen LogP contribution in [-0.4, -0.2) is 17.5 Å². The van der Waals surface area contributed by atoms with Crippen LogP contribution in [0.4, 0.5) is 0 Å². The molecule has 1 unspecified atom stereocenters. The molecule has 3 rings (SSSR count). The standard InChI is InChI=1S/C18H16ClN3O3/c19-14-8-6-12(7-9-14)10-17(23)20-21-18(24)15-11-16(25-22-15)13-4-2-1-3-5-13/h1-9,16H,10-11H2,(H,20,23)(H,21,24). The van der Waals surface area contributed by atoms with Gasteiger partial charge in [0.15, 0.2) is 11.8 Å². The van der Waals surface area contributed by atoms with E-state index in [2.05, 4.69) is 16.0 Å². The molecule has 0 aliphatic carbocycles. The number of hydrazine groups is 1. The first-order valence-corrected chi connectivity index (χ1v) is 8.11. The van der Waals surface area contributed by atoms with Gasteiger partial charge in [-0.1, -0.05) is 59.2 Å². The van der Waals surface area contributed by atoms with Crippen molar-refractivity contribution in [2.75, 3.05) is 0 Å². The average Bonchev–Trinajstić information content (AvgIpc) is 3.13. The summed E-state index contributed by atoms with van der Waals surface area (Å²) in [5.41, 5.74) is 6.70. The number of hydrogen-bond donors (Lipinski definition) is 2. The Morgan fingerprint density at radius 3 is 2.52 bits per heavy atom. The summed E-state index contributed by atoms with van der Waals surface area (Å²) in [5, 5.41) is 4.41. The highest BCUT2D eigenvalue weighted by atomic mass is 35.5. The fourth-order valence-electron chi connectivity index (χ4n) is 2.39. The highest BCUT2D eigenvalue weighted by Crippen LogP contribution is 2.26. The topological polar surface area (TPSA) is 79.8 Å². The molecule has 6 nitrogen and oxygen atoms in total. The number of oxime groups is 1. The molecule has 0 saturated carbocycles. The quantitative estimate of drug-likeness (QED) is 0.825. The average molecular weight is 358 g/mol. The molecule has 0 saturated heterocycles. The summed E-state index contributed by atoms with van der Waals surface area (Å²) in [6, 6.07) is 16.4. The van der Waals surface area contributed by atoms with Crippen molar-refractivity contribution >= 4 is 29.1 Å². The Balaban J connectivity index is 1.46. The van der Waals surface area contributed by atoms with Crippen LogP contribution in [0.3, 0.4) is 0 Å². The molecule has 0 aromatic heterocycles. The van der Waals surface area contributed by atoms with Crippen LogP contribution in [0, 0.1) is 0 Å². The lowest BCUT2D eigenvalue weighted by molar-refractivity contribution is -0.125. The molecule has 2 N–H and O–H groups in total. The van der Waals surface area contributed by atoms with Gasteiger partial charge in [0, 0.05) is 11.4 Å². The van der Waals surface area contributed by atoms with Crippen LogP contribution >= 0.6 is 11.6 Å². The fraction of sp³-hybridized carbons (Fsp3) is 0.167. The van der Waals surface area contributed by atoms with Gasteiger partial charge in [0.05, 0.1) is 6.42 Å². The van der Waals surface area contributed by atoms with E-state index in [1.54, 1.807) is 24.3 Å². The van der Waals surface area contributed by atoms with Gasteiger partial charge in [-0.25, -0.2) is 0 Å². The number of rotatable bonds is 4. The Kier molecular flexibility index (Phi) is 5.30. The zero-order chi connectivity index (χ0) is 17.6. The Bertz CT molecular complexity index is 791. The first-order chi connectivity index (χ1) is 12.1. The Labute approximate surface area is 149 Å². The minimum absolute atomic E-state index is 0.132. The van der Waals surface area contributed by atoms with Gasteiger partial charge in [0.25, 0.3) is 5.91 Å². The summed E-state index contributed by atoms with van der Waals surface area (Å²) < 4.78 is 0. The molecule has 2 aromatic carbocycles. The third-order valence-electron chi connectivity index (χ3n) is 3.70. The molecule has 2 amide bonds. The number of halogens is 1. The van der Waals surface area contributed by atoms with Crippen LogP contribution in [0.15, 0.2) is 59.8 Å². The highest BCUT2D eigenvalue weighted by molar-refractivity contribution is 6.39. The molecule has 1 heterocycles. The van der Waals surface area contributed by atoms with Crippen molar-refractivity contribution in [3.8, 4) is 0 Å². The molecule has 0 fully saturated rings. The smallest absolute Gasteiger partial charge is 0.287 e. The van der Waals surface area contributed by atoms with Gasteiger partial charge in [-0.2, -0.15) is 0 Å². The molecular formula is C18H16ClN3O3. The highest BCUT2D eigenvalue weighted by Gasteiger charge is 2.27. The van der Waals surface area contributed by atoms with E-state index in [9.17, 15) is 9.59 Å². The zero-order valence-electron chi connectivity index (χ0n) is 13.2. The van der Waals surface area contributed by atoms with E-state index in [-0.39, 0.29) is 24.1 Å². The van der Waals surface area contributed by atoms with Crippen molar-refractivity contribution in [3.05, 3.63) is 70.7 Å². The SMILES string of the molecule is O=C(Cc1ccc(Cl)cc1)NNC(=O)C1=NOC(c2ccccc2)C1. The number of nitrogens with zero attached hydrogens (tertiary/aromatic N) is 1. The van der Waals surface area contributed by atoms with Crippen molar-refractivity contribution in [1.82, 2.24) is 10.9 Å². The lowest BCUT2D eigenvalue weighted by Gasteiger charge is -2.08. The van der Waals surface area contributed by atoms with Gasteiger partial charge in [-0.3, -0.25) is 20.4 Å². The minimum atomic E-state index is -0.483. The van der Waals surface area contributed by atoms with Crippen molar-refractivity contribution < 1.29 is 14.4 Å². The maximum Gasteiger partial charge on any atom is 0.287 e. The summed E-state index contributed by atoms with van der Waals surface area (Å²) in [4.78, 5) is 29.2. The number of nitrogens with one attached hydrogen (secondary N) is 2. The zero-order valence-corrected chi connectivity index (χ0v) is 14.0. The lowest BCUT2D eigenvalue weighted by atomic mass is 10.0. The van der Waals surface area contributed by atoms with E-state index in [1.165, 1.54) is 0 Å². The lowest BCUT2D eigenvalue weighted by Crippen LogP contribution is -2.45. The molecule has 7 heteroatoms. The van der Waals surface area contributed by atoms with Crippen molar-refractivity contribution in [2.24, 2.45) is 5.16 Å². The van der Waals surface area contributed by atoms with Gasteiger partial charge in [0.1, 0.15) is 0 Å². The molecular weight excluding hydrogens is 342 g/mol. The maximum absolute atomic E-state index is 12.1. The normalized spacial score (nSPS) is 15.9. The number of carbonyl (C=O) groups excluding carboxylic acids is 2. The molecule has 1 atom stereocenters. The Morgan fingerprint density at radius 1 is 1.08 bits per heavy atom. The Morgan fingerprint density at radius 2 is 1.80 bits per heavy atom. The number of carbonyl (C=O) groups is 2. The summed E-state index contributed by atoms with van der Waals surface area (Å²) in [6.07, 6.45) is 0.197. The minimum Gasteiger partial charge on any atom is -0.387 e. The van der Waals surface area contributed by atoms with E-state index in [1.807, 2.05) is 30.3 Å². The van der Waals surface area contributed by atoms with E-state index in [0.717, 1.165) is 11.1 Å². The van der Waals surface area contributed by atoms with Crippen molar-refractivity contribution in [2.45, 2.75) is 18.9 Å². The molecule has 1 aliphatic rings. The summed E-state index contributed by atoms with van der Waals surface area (Å²) in [6.45, 7) is 0. The third-order valence-corrected chi connectivity index (χ3v) is 3.95. The third kappa shape index (κ3) is 4.58. The number of amides is 2. The molecule has 128 valence electrons. The second-order valence-corrected chi connectivity index (χ2v) is 5.99. The van der Waals surface area contributed by atoms with Crippen LogP contribution in [0.1, 0.15) is 23.7 Å². The van der Waals surface area contributed by atoms with E-state index in [4.69, 9.17) is 16.4 Å². The predicted octanol–water partition coefficient (Wildman–Crippen LogP) is 2.55. The molecule has 0 radical (unpaired) electrons. The van der Waals surface area contributed by atoms with Crippen LogP contribution in [0.2, 0.25) is 5.02 Å². The van der Waals surface area contributed by atoms with Gasteiger partial charge < -0.3 is 4.84 Å². The number of benzene rings is 2. The van der Waals surface area contributed by atoms with Crippen molar-refractivity contribution in [1.29, 1.82) is 0 Å². The predicted molar refractivity (Wildman–Crippen MR) is 93.8 cm³/mol. The number of hydrogen-bond acceptors (Lipinski definition) is 4. The molecule has 0 spiro atoms. The van der Waals surface area contributed by atoms with Gasteiger partial charge >= 0.3 is 0 Å². The van der Waals surface area contributed by atoms with Crippen LogP contribution in [0.5, 0.6) is 0 Å². The van der Waals surface area contributed by atoms with Crippen LogP contribution in [-0.2, 0) is 20.8 Å². The summed E-state index contributed by atoms with van der Waals surface area (Å²) in [5.74, 6) is -0.822. The first kappa shape index (κ1) is 17.0. The fourth-order valence-corrected chi connectivity index (χ4v) is 2.51. The Hall–Kier alpha value is -2.86. The monoisotopic (exact) mass is 357 g/mol. The maximum atomic E-state index is 12.1. The van der Waals surface area contributed by atoms with E-state index in [0.29, 0.717) is 11.4 Å². The van der Waals surface area contributed by atoms with Crippen LogP contribution < -0.4 is 10.9 Å². The summed E-state index contributed by atoms with van der Waals surface area (Å²) in [7, 11) is 0. The molecule has 0 bridgehead atoms. The summed E-state index contributed by atoms with van der Waals surface area (Å²) >= 11 is 5.80. The van der Waals surface area contributed by atoms with Gasteiger partial charge in [0.2, 0.25) is 5.91 Å². The van der Waals surface area contributed by atoms with E-state index >= 15 is 0 Å². The van der Waals surface area contributed by atoms with Crippen molar-refractivity contribution in [3.63, 3.8) is 0 Å². The molecule has 1 aliphatic heterocycles. The second-order valence-electron chi connectivity index (χ2n) is 5.55. The largest absolute Gasteiger partial charge is 0.387 e. The second kappa shape index (κ2) is 7.81. The molecule has 25 heavy (non-hydrogen) atoms. The van der Waals surface area contributed by atoms with Gasteiger partial charge in [-0.05, 0) is 23.3 Å². The molecule has 2 aromatic rings. The van der Waals surface area contributed by atoms with Gasteiger partial charge in [-0.15, -0.1) is 0 Å². The van der Waals surface area contributed by atoms with Crippen LogP contribution in [0.25, 0.3) is 0 Å². The first-order valence-electron chi connectivity index (χ1n) is 7.73.